The van der Waals surface area contributed by atoms with Crippen molar-refractivity contribution in [1.29, 1.82) is 0 Å². The van der Waals surface area contributed by atoms with E-state index < -0.39 is 0 Å². The van der Waals surface area contributed by atoms with Crippen molar-refractivity contribution in [2.45, 2.75) is 12.5 Å². The smallest absolute Gasteiger partial charge is 0.0672 e. The summed E-state index contributed by atoms with van der Waals surface area (Å²) in [4.78, 5) is 0. The van der Waals surface area contributed by atoms with Crippen molar-refractivity contribution < 1.29 is 0 Å². The third kappa shape index (κ3) is 1.71. The third-order valence-corrected chi connectivity index (χ3v) is 4.06. The van der Waals surface area contributed by atoms with E-state index in [-0.39, 0.29) is 0 Å². The molecule has 1 saturated heterocycles. The van der Waals surface area contributed by atoms with Gasteiger partial charge in [-0.3, -0.25) is 5.10 Å². The molecular formula is C11H14N4S. The average Bonchev–Trinajstić information content (AvgIpc) is 2.89. The fourth-order valence-corrected chi connectivity index (χ4v) is 3.15. The van der Waals surface area contributed by atoms with Gasteiger partial charge >= 0.3 is 0 Å². The second-order valence-electron chi connectivity index (χ2n) is 4.10. The molecule has 4 N–H and O–H groups in total. The molecule has 4 nitrogen and oxygen atoms in total. The second-order valence-corrected chi connectivity index (χ2v) is 5.25. The Labute approximate surface area is 98.0 Å². The summed E-state index contributed by atoms with van der Waals surface area (Å²) in [6, 6.07) is 4.55. The van der Waals surface area contributed by atoms with Crippen LogP contribution in [0.2, 0.25) is 0 Å². The minimum Gasteiger partial charge on any atom is -0.397 e. The van der Waals surface area contributed by atoms with Gasteiger partial charge in [-0.1, -0.05) is 0 Å². The number of aromatic nitrogens is 2. The van der Waals surface area contributed by atoms with Gasteiger partial charge in [-0.15, -0.1) is 0 Å². The van der Waals surface area contributed by atoms with E-state index in [4.69, 9.17) is 5.73 Å². The molecule has 0 aliphatic carbocycles. The molecule has 0 amide bonds. The number of nitrogens with two attached hydrogens (primary N) is 1. The van der Waals surface area contributed by atoms with E-state index in [9.17, 15) is 0 Å². The zero-order valence-electron chi connectivity index (χ0n) is 8.86. The fourth-order valence-electron chi connectivity index (χ4n) is 2.00. The number of nitrogens with one attached hydrogen (secondary N) is 2. The Bertz CT molecular complexity index is 502. The number of hydrogen-bond donors (Lipinski definition) is 3. The lowest BCUT2D eigenvalue weighted by Crippen LogP contribution is -2.18. The largest absolute Gasteiger partial charge is 0.397 e. The SMILES string of the molecule is Nc1cc2cn[nH]c2cc1NC1CCSC1. The molecular weight excluding hydrogens is 220 g/mol. The van der Waals surface area contributed by atoms with Gasteiger partial charge in [-0.05, 0) is 24.3 Å². The van der Waals surface area contributed by atoms with Crippen molar-refractivity contribution in [3.05, 3.63) is 18.3 Å². The van der Waals surface area contributed by atoms with Crippen LogP contribution in [0, 0.1) is 0 Å². The summed E-state index contributed by atoms with van der Waals surface area (Å²) in [6.45, 7) is 0. The molecule has 2 heterocycles. The molecule has 1 aliphatic rings. The summed E-state index contributed by atoms with van der Waals surface area (Å²) in [5, 5.41) is 11.5. The van der Waals surface area contributed by atoms with Gasteiger partial charge in [0.2, 0.25) is 0 Å². The predicted octanol–water partition coefficient (Wildman–Crippen LogP) is 2.06. The van der Waals surface area contributed by atoms with Gasteiger partial charge < -0.3 is 11.1 Å². The molecule has 0 radical (unpaired) electrons. The van der Waals surface area contributed by atoms with Crippen molar-refractivity contribution in [3.8, 4) is 0 Å². The molecule has 1 atom stereocenters. The first-order chi connectivity index (χ1) is 7.83. The van der Waals surface area contributed by atoms with Gasteiger partial charge in [0.15, 0.2) is 0 Å². The molecule has 84 valence electrons. The van der Waals surface area contributed by atoms with E-state index in [0.29, 0.717) is 6.04 Å². The number of fused-ring (bicyclic) bond motifs is 1. The zero-order chi connectivity index (χ0) is 11.0. The first kappa shape index (κ1) is 9.84. The van der Waals surface area contributed by atoms with E-state index in [1.807, 2.05) is 23.9 Å². The van der Waals surface area contributed by atoms with Crippen molar-refractivity contribution in [2.24, 2.45) is 0 Å². The van der Waals surface area contributed by atoms with Crippen LogP contribution in [0.5, 0.6) is 0 Å². The lowest BCUT2D eigenvalue weighted by atomic mass is 10.2. The maximum Gasteiger partial charge on any atom is 0.0672 e. The molecule has 2 aromatic rings. The number of nitrogens with zero attached hydrogens (tertiary/aromatic N) is 1. The van der Waals surface area contributed by atoms with E-state index in [0.717, 1.165) is 22.3 Å². The van der Waals surface area contributed by atoms with Crippen LogP contribution in [-0.2, 0) is 0 Å². The van der Waals surface area contributed by atoms with Crippen molar-refractivity contribution in [2.75, 3.05) is 22.6 Å². The standard InChI is InChI=1S/C11H14N4S/c12-9-3-7-5-13-15-10(7)4-11(9)14-8-1-2-16-6-8/h3-5,8,14H,1-2,6,12H2,(H,13,15). The molecule has 0 saturated carbocycles. The Hall–Kier alpha value is -1.36. The van der Waals surface area contributed by atoms with Crippen LogP contribution in [0.1, 0.15) is 6.42 Å². The van der Waals surface area contributed by atoms with Crippen LogP contribution in [0.15, 0.2) is 18.3 Å². The Balaban J connectivity index is 1.92. The summed E-state index contributed by atoms with van der Waals surface area (Å²) in [7, 11) is 0. The topological polar surface area (TPSA) is 66.7 Å². The summed E-state index contributed by atoms with van der Waals surface area (Å²) in [5.74, 6) is 2.41. The Morgan fingerprint density at radius 3 is 3.25 bits per heavy atom. The van der Waals surface area contributed by atoms with Gasteiger partial charge in [-0.2, -0.15) is 16.9 Å². The molecule has 16 heavy (non-hydrogen) atoms. The number of anilines is 2. The number of nitrogen functional groups attached to an aromatic ring is 1. The van der Waals surface area contributed by atoms with E-state index in [2.05, 4.69) is 15.5 Å². The maximum absolute atomic E-state index is 6.01. The van der Waals surface area contributed by atoms with Gasteiger partial charge in [0.25, 0.3) is 0 Å². The molecule has 1 aliphatic heterocycles. The lowest BCUT2D eigenvalue weighted by Gasteiger charge is -2.14. The third-order valence-electron chi connectivity index (χ3n) is 2.90. The minimum atomic E-state index is 0.549. The van der Waals surface area contributed by atoms with Crippen LogP contribution >= 0.6 is 11.8 Å². The van der Waals surface area contributed by atoms with Gasteiger partial charge in [0, 0.05) is 17.2 Å². The minimum absolute atomic E-state index is 0.549. The van der Waals surface area contributed by atoms with E-state index >= 15 is 0 Å². The maximum atomic E-state index is 6.01. The molecule has 5 heteroatoms. The number of rotatable bonds is 2. The van der Waals surface area contributed by atoms with Crippen LogP contribution < -0.4 is 11.1 Å². The monoisotopic (exact) mass is 234 g/mol. The molecule has 1 aromatic carbocycles. The summed E-state index contributed by atoms with van der Waals surface area (Å²) in [6.07, 6.45) is 3.01. The van der Waals surface area contributed by atoms with Crippen LogP contribution in [0.4, 0.5) is 11.4 Å². The number of benzene rings is 1. The van der Waals surface area contributed by atoms with Crippen LogP contribution in [-0.4, -0.2) is 27.7 Å². The first-order valence-electron chi connectivity index (χ1n) is 5.40. The number of hydrogen-bond acceptors (Lipinski definition) is 4. The lowest BCUT2D eigenvalue weighted by molar-refractivity contribution is 0.814. The first-order valence-corrected chi connectivity index (χ1v) is 6.55. The zero-order valence-corrected chi connectivity index (χ0v) is 9.68. The van der Waals surface area contributed by atoms with Crippen LogP contribution in [0.3, 0.4) is 0 Å². The van der Waals surface area contributed by atoms with Crippen molar-refractivity contribution in [1.82, 2.24) is 10.2 Å². The number of H-pyrrole nitrogens is 1. The molecule has 3 rings (SSSR count). The van der Waals surface area contributed by atoms with Gasteiger partial charge in [0.05, 0.1) is 23.1 Å². The Morgan fingerprint density at radius 2 is 2.44 bits per heavy atom. The highest BCUT2D eigenvalue weighted by molar-refractivity contribution is 7.99. The summed E-state index contributed by atoms with van der Waals surface area (Å²) in [5.41, 5.74) is 8.86. The molecule has 1 fully saturated rings. The average molecular weight is 234 g/mol. The predicted molar refractivity (Wildman–Crippen MR) is 69.9 cm³/mol. The Morgan fingerprint density at radius 1 is 1.50 bits per heavy atom. The quantitative estimate of drug-likeness (QED) is 0.696. The normalized spacial score (nSPS) is 20.4. The second kappa shape index (κ2) is 3.90. The summed E-state index contributed by atoms with van der Waals surface area (Å²) < 4.78 is 0. The molecule has 1 unspecified atom stereocenters. The molecule has 0 bridgehead atoms. The number of aromatic amines is 1. The highest BCUT2D eigenvalue weighted by Gasteiger charge is 2.16. The highest BCUT2D eigenvalue weighted by Crippen LogP contribution is 2.28. The van der Waals surface area contributed by atoms with E-state index in [1.54, 1.807) is 6.20 Å². The van der Waals surface area contributed by atoms with E-state index in [1.165, 1.54) is 17.9 Å². The van der Waals surface area contributed by atoms with Crippen molar-refractivity contribution >= 4 is 34.0 Å². The van der Waals surface area contributed by atoms with Gasteiger partial charge in [0.1, 0.15) is 0 Å². The fraction of sp³-hybridized carbons (Fsp3) is 0.364. The molecule has 1 aromatic heterocycles. The Kier molecular flexibility index (Phi) is 2.40. The summed E-state index contributed by atoms with van der Waals surface area (Å²) >= 11 is 1.99. The van der Waals surface area contributed by atoms with Crippen molar-refractivity contribution in [3.63, 3.8) is 0 Å². The highest BCUT2D eigenvalue weighted by atomic mass is 32.2. The number of thioether (sulfide) groups is 1. The van der Waals surface area contributed by atoms with Gasteiger partial charge in [-0.25, -0.2) is 0 Å². The molecule has 0 spiro atoms. The van der Waals surface area contributed by atoms with Crippen LogP contribution in [0.25, 0.3) is 10.9 Å².